The summed E-state index contributed by atoms with van der Waals surface area (Å²) in [6.07, 6.45) is 3.37. The normalized spacial score (nSPS) is 10.6. The molecule has 2 heterocycles. The van der Waals surface area contributed by atoms with Crippen molar-refractivity contribution in [3.63, 3.8) is 0 Å². The second-order valence-corrected chi connectivity index (χ2v) is 4.28. The van der Waals surface area contributed by atoms with Crippen LogP contribution in [0.1, 0.15) is 11.3 Å². The van der Waals surface area contributed by atoms with Gasteiger partial charge in [-0.1, -0.05) is 18.2 Å². The van der Waals surface area contributed by atoms with Gasteiger partial charge in [0.15, 0.2) is 0 Å². The highest BCUT2D eigenvalue weighted by Crippen LogP contribution is 2.22. The number of aryl methyl sites for hydroxylation is 1. The van der Waals surface area contributed by atoms with Crippen molar-refractivity contribution in [1.82, 2.24) is 15.2 Å². The van der Waals surface area contributed by atoms with Gasteiger partial charge >= 0.3 is 0 Å². The summed E-state index contributed by atoms with van der Waals surface area (Å²) < 4.78 is 5.52. The van der Waals surface area contributed by atoms with Crippen LogP contribution in [-0.4, -0.2) is 15.2 Å². The molecular formula is C14H14N4O. The van der Waals surface area contributed by atoms with Crippen LogP contribution < -0.4 is 5.32 Å². The van der Waals surface area contributed by atoms with Crippen molar-refractivity contribution >= 4 is 5.82 Å². The molecule has 0 aliphatic rings. The standard InChI is InChI=1S/C14H14N4O/c1-10-4-2-3-5-12(10)14-17-11(9-19-14)8-15-13-6-7-16-18-13/h2-7,9H,8H2,1H3,(H2,15,16,18). The lowest BCUT2D eigenvalue weighted by Gasteiger charge is -2.00. The number of H-pyrrole nitrogens is 1. The Balaban J connectivity index is 1.75. The first-order valence-electron chi connectivity index (χ1n) is 6.06. The van der Waals surface area contributed by atoms with Crippen LogP contribution in [0.4, 0.5) is 5.82 Å². The van der Waals surface area contributed by atoms with Gasteiger partial charge in [-0.3, -0.25) is 5.10 Å². The molecule has 5 heteroatoms. The minimum Gasteiger partial charge on any atom is -0.444 e. The predicted octanol–water partition coefficient (Wildman–Crippen LogP) is 2.99. The van der Waals surface area contributed by atoms with Crippen LogP contribution in [0.15, 0.2) is 47.2 Å². The first kappa shape index (κ1) is 11.5. The molecule has 3 rings (SSSR count). The molecule has 0 unspecified atom stereocenters. The quantitative estimate of drug-likeness (QED) is 0.751. The van der Waals surface area contributed by atoms with Gasteiger partial charge < -0.3 is 9.73 Å². The molecule has 19 heavy (non-hydrogen) atoms. The zero-order valence-corrected chi connectivity index (χ0v) is 10.6. The number of anilines is 1. The fraction of sp³-hybridized carbons (Fsp3) is 0.143. The van der Waals surface area contributed by atoms with E-state index in [1.807, 2.05) is 37.3 Å². The Morgan fingerprint density at radius 3 is 2.95 bits per heavy atom. The number of nitrogens with one attached hydrogen (secondary N) is 2. The van der Waals surface area contributed by atoms with Gasteiger partial charge in [0.25, 0.3) is 0 Å². The van der Waals surface area contributed by atoms with E-state index in [0.29, 0.717) is 12.4 Å². The average molecular weight is 254 g/mol. The molecule has 0 saturated heterocycles. The van der Waals surface area contributed by atoms with Gasteiger partial charge in [-0.15, -0.1) is 0 Å². The number of aromatic nitrogens is 3. The van der Waals surface area contributed by atoms with Gasteiger partial charge in [0.05, 0.1) is 18.4 Å². The maximum absolute atomic E-state index is 5.52. The number of aromatic amines is 1. The summed E-state index contributed by atoms with van der Waals surface area (Å²) in [4.78, 5) is 4.48. The van der Waals surface area contributed by atoms with Crippen LogP contribution >= 0.6 is 0 Å². The summed E-state index contributed by atoms with van der Waals surface area (Å²) in [7, 11) is 0. The largest absolute Gasteiger partial charge is 0.444 e. The van der Waals surface area contributed by atoms with E-state index in [4.69, 9.17) is 4.42 Å². The van der Waals surface area contributed by atoms with E-state index < -0.39 is 0 Å². The van der Waals surface area contributed by atoms with Gasteiger partial charge in [0.2, 0.25) is 5.89 Å². The summed E-state index contributed by atoms with van der Waals surface area (Å²) in [5.74, 6) is 1.51. The van der Waals surface area contributed by atoms with E-state index >= 15 is 0 Å². The van der Waals surface area contributed by atoms with Crippen molar-refractivity contribution < 1.29 is 4.42 Å². The third-order valence-electron chi connectivity index (χ3n) is 2.89. The number of hydrogen-bond donors (Lipinski definition) is 2. The molecular weight excluding hydrogens is 240 g/mol. The molecule has 2 N–H and O–H groups in total. The summed E-state index contributed by atoms with van der Waals surface area (Å²) in [6, 6.07) is 9.90. The van der Waals surface area contributed by atoms with Gasteiger partial charge in [-0.25, -0.2) is 4.98 Å². The average Bonchev–Trinajstić information content (AvgIpc) is 3.08. The Bertz CT molecular complexity index is 658. The molecule has 5 nitrogen and oxygen atoms in total. The minimum absolute atomic E-state index is 0.595. The molecule has 3 aromatic rings. The highest BCUT2D eigenvalue weighted by Gasteiger charge is 2.08. The van der Waals surface area contributed by atoms with Crippen LogP contribution in [0, 0.1) is 6.92 Å². The van der Waals surface area contributed by atoms with Crippen LogP contribution in [0.2, 0.25) is 0 Å². The molecule has 0 atom stereocenters. The highest BCUT2D eigenvalue weighted by molar-refractivity contribution is 5.58. The van der Waals surface area contributed by atoms with Crippen LogP contribution in [-0.2, 0) is 6.54 Å². The third kappa shape index (κ3) is 2.49. The Morgan fingerprint density at radius 1 is 1.26 bits per heavy atom. The van der Waals surface area contributed by atoms with E-state index in [-0.39, 0.29) is 0 Å². The number of oxazole rings is 1. The van der Waals surface area contributed by atoms with Crippen molar-refractivity contribution in [3.8, 4) is 11.5 Å². The van der Waals surface area contributed by atoms with E-state index in [1.165, 1.54) is 0 Å². The van der Waals surface area contributed by atoms with Crippen molar-refractivity contribution in [2.24, 2.45) is 0 Å². The maximum atomic E-state index is 5.52. The number of benzene rings is 1. The van der Waals surface area contributed by atoms with Crippen LogP contribution in [0.25, 0.3) is 11.5 Å². The third-order valence-corrected chi connectivity index (χ3v) is 2.89. The maximum Gasteiger partial charge on any atom is 0.226 e. The van der Waals surface area contributed by atoms with Gasteiger partial charge in [0, 0.05) is 5.56 Å². The highest BCUT2D eigenvalue weighted by atomic mass is 16.3. The zero-order chi connectivity index (χ0) is 13.1. The topological polar surface area (TPSA) is 66.7 Å². The van der Waals surface area contributed by atoms with E-state index in [0.717, 1.165) is 22.6 Å². The SMILES string of the molecule is Cc1ccccc1-c1nc(CNc2ccn[nH]2)co1. The van der Waals surface area contributed by atoms with Gasteiger partial charge in [-0.05, 0) is 24.6 Å². The van der Waals surface area contributed by atoms with E-state index in [9.17, 15) is 0 Å². The molecule has 0 saturated carbocycles. The predicted molar refractivity (Wildman–Crippen MR) is 72.6 cm³/mol. The van der Waals surface area contributed by atoms with Crippen molar-refractivity contribution in [1.29, 1.82) is 0 Å². The zero-order valence-electron chi connectivity index (χ0n) is 10.6. The van der Waals surface area contributed by atoms with Crippen molar-refractivity contribution in [2.45, 2.75) is 13.5 Å². The molecule has 2 aromatic heterocycles. The number of nitrogens with zero attached hydrogens (tertiary/aromatic N) is 2. The Kier molecular flexibility index (Phi) is 3.02. The fourth-order valence-corrected chi connectivity index (χ4v) is 1.86. The Morgan fingerprint density at radius 2 is 2.16 bits per heavy atom. The molecule has 0 bridgehead atoms. The Labute approximate surface area is 110 Å². The van der Waals surface area contributed by atoms with E-state index in [1.54, 1.807) is 12.5 Å². The molecule has 1 aromatic carbocycles. The molecule has 0 aliphatic carbocycles. The summed E-state index contributed by atoms with van der Waals surface area (Å²) in [5.41, 5.74) is 3.03. The first-order chi connectivity index (χ1) is 9.33. The molecule has 96 valence electrons. The second kappa shape index (κ2) is 4.97. The lowest BCUT2D eigenvalue weighted by Crippen LogP contribution is -1.99. The van der Waals surface area contributed by atoms with Gasteiger partial charge in [-0.2, -0.15) is 5.10 Å². The molecule has 0 radical (unpaired) electrons. The lowest BCUT2D eigenvalue weighted by atomic mass is 10.1. The molecule has 0 spiro atoms. The van der Waals surface area contributed by atoms with Crippen molar-refractivity contribution in [2.75, 3.05) is 5.32 Å². The number of hydrogen-bond acceptors (Lipinski definition) is 4. The molecule has 0 amide bonds. The summed E-state index contributed by atoms with van der Waals surface area (Å²) >= 11 is 0. The van der Waals surface area contributed by atoms with Gasteiger partial charge in [0.1, 0.15) is 12.1 Å². The smallest absolute Gasteiger partial charge is 0.226 e. The van der Waals surface area contributed by atoms with Crippen molar-refractivity contribution in [3.05, 3.63) is 54.0 Å². The first-order valence-corrected chi connectivity index (χ1v) is 6.06. The molecule has 0 aliphatic heterocycles. The summed E-state index contributed by atoms with van der Waals surface area (Å²) in [6.45, 7) is 2.64. The fourth-order valence-electron chi connectivity index (χ4n) is 1.86. The lowest BCUT2D eigenvalue weighted by molar-refractivity contribution is 0.572. The number of rotatable bonds is 4. The van der Waals surface area contributed by atoms with Crippen LogP contribution in [0.3, 0.4) is 0 Å². The van der Waals surface area contributed by atoms with E-state index in [2.05, 4.69) is 20.5 Å². The minimum atomic E-state index is 0.595. The van der Waals surface area contributed by atoms with Crippen LogP contribution in [0.5, 0.6) is 0 Å². The summed E-state index contributed by atoms with van der Waals surface area (Å²) in [5, 5.41) is 9.88. The monoisotopic (exact) mass is 254 g/mol. The Hall–Kier alpha value is -2.56. The second-order valence-electron chi connectivity index (χ2n) is 4.28. The molecule has 0 fully saturated rings.